The van der Waals surface area contributed by atoms with Gasteiger partial charge in [-0.05, 0) is 43.3 Å². The van der Waals surface area contributed by atoms with E-state index >= 15 is 0 Å². The van der Waals surface area contributed by atoms with Gasteiger partial charge in [0.2, 0.25) is 0 Å². The molecule has 0 aliphatic rings. The molecule has 0 amide bonds. The second-order valence-electron chi connectivity index (χ2n) is 7.36. The molecule has 2 heterocycles. The summed E-state index contributed by atoms with van der Waals surface area (Å²) in [6.07, 6.45) is 0. The molecule has 0 N–H and O–H groups in total. The minimum Gasteiger partial charge on any atom is -0.496 e. The quantitative estimate of drug-likeness (QED) is 0.355. The maximum absolute atomic E-state index is 12.8. The van der Waals surface area contributed by atoms with Crippen molar-refractivity contribution in [1.82, 2.24) is 29.8 Å². The van der Waals surface area contributed by atoms with Gasteiger partial charge >= 0.3 is 0 Å². The number of ether oxygens (including phenoxy) is 1. The molecular formula is C24H20N6O2S. The van der Waals surface area contributed by atoms with Crippen LogP contribution in [0, 0.1) is 6.92 Å². The first-order valence-electron chi connectivity index (χ1n) is 10.3. The van der Waals surface area contributed by atoms with E-state index in [1.54, 1.807) is 19.2 Å². The van der Waals surface area contributed by atoms with Crippen LogP contribution in [0.5, 0.6) is 5.75 Å². The zero-order valence-electron chi connectivity index (χ0n) is 18.0. The number of aryl methyl sites for hydroxylation is 1. The third-order valence-electron chi connectivity index (χ3n) is 5.22. The van der Waals surface area contributed by atoms with E-state index in [4.69, 9.17) is 4.74 Å². The third-order valence-corrected chi connectivity index (χ3v) is 6.11. The van der Waals surface area contributed by atoms with E-state index in [1.165, 1.54) is 16.4 Å². The smallest absolute Gasteiger partial charge is 0.278 e. The third kappa shape index (κ3) is 3.98. The monoisotopic (exact) mass is 456 g/mol. The number of hydrogen-bond acceptors (Lipinski definition) is 7. The summed E-state index contributed by atoms with van der Waals surface area (Å²) >= 11 is 1.36. The van der Waals surface area contributed by atoms with Gasteiger partial charge in [-0.3, -0.25) is 9.36 Å². The molecule has 2 aromatic heterocycles. The maximum atomic E-state index is 12.8. The molecule has 164 valence electrons. The predicted molar refractivity (Wildman–Crippen MR) is 128 cm³/mol. The standard InChI is InChI=1S/C24H20N6O2S/c1-16-11-13-17(14-12-16)30-22(19-8-4-6-10-21(19)32-2)26-27-24(30)33-15-29-23(31)18-7-3-5-9-20(18)25-28-29/h3-14H,15H2,1-2H3. The van der Waals surface area contributed by atoms with Gasteiger partial charge in [0.05, 0.1) is 23.9 Å². The number of benzene rings is 3. The van der Waals surface area contributed by atoms with Crippen LogP contribution in [0.15, 0.2) is 82.7 Å². The molecule has 33 heavy (non-hydrogen) atoms. The predicted octanol–water partition coefficient (Wildman–Crippen LogP) is 4.11. The lowest BCUT2D eigenvalue weighted by Crippen LogP contribution is -2.23. The molecule has 0 unspecified atom stereocenters. The average Bonchev–Trinajstić information content (AvgIpc) is 3.28. The van der Waals surface area contributed by atoms with Crippen LogP contribution < -0.4 is 10.3 Å². The molecule has 3 aromatic carbocycles. The molecule has 0 atom stereocenters. The summed E-state index contributed by atoms with van der Waals surface area (Å²) in [5.41, 5.74) is 3.26. The Labute approximate surface area is 193 Å². The summed E-state index contributed by atoms with van der Waals surface area (Å²) in [5, 5.41) is 18.3. The van der Waals surface area contributed by atoms with E-state index < -0.39 is 0 Å². The number of thioether (sulfide) groups is 1. The highest BCUT2D eigenvalue weighted by Gasteiger charge is 2.19. The molecule has 0 saturated carbocycles. The lowest BCUT2D eigenvalue weighted by molar-refractivity contribution is 0.416. The van der Waals surface area contributed by atoms with Crippen LogP contribution in [0.25, 0.3) is 28.0 Å². The molecule has 0 fully saturated rings. The van der Waals surface area contributed by atoms with Gasteiger partial charge in [0, 0.05) is 5.69 Å². The van der Waals surface area contributed by atoms with Crippen LogP contribution in [0.2, 0.25) is 0 Å². The highest BCUT2D eigenvalue weighted by molar-refractivity contribution is 7.98. The Bertz CT molecular complexity index is 1490. The Kier molecular flexibility index (Phi) is 5.62. The van der Waals surface area contributed by atoms with Gasteiger partial charge in [-0.1, -0.05) is 58.9 Å². The number of methoxy groups -OCH3 is 1. The van der Waals surface area contributed by atoms with Gasteiger partial charge in [-0.25, -0.2) is 0 Å². The van der Waals surface area contributed by atoms with Crippen molar-refractivity contribution in [1.29, 1.82) is 0 Å². The van der Waals surface area contributed by atoms with Crippen molar-refractivity contribution in [3.63, 3.8) is 0 Å². The first kappa shape index (κ1) is 20.9. The molecule has 9 heteroatoms. The van der Waals surface area contributed by atoms with Crippen molar-refractivity contribution in [3.05, 3.63) is 88.7 Å². The van der Waals surface area contributed by atoms with E-state index in [1.807, 2.05) is 72.2 Å². The first-order valence-corrected chi connectivity index (χ1v) is 11.3. The van der Waals surface area contributed by atoms with Crippen molar-refractivity contribution in [2.24, 2.45) is 0 Å². The molecule has 8 nitrogen and oxygen atoms in total. The fraction of sp³-hybridized carbons (Fsp3) is 0.125. The first-order chi connectivity index (χ1) is 16.2. The Balaban J connectivity index is 1.57. The van der Waals surface area contributed by atoms with E-state index in [9.17, 15) is 4.79 Å². The summed E-state index contributed by atoms with van der Waals surface area (Å²) in [5.74, 6) is 1.59. The van der Waals surface area contributed by atoms with Crippen molar-refractivity contribution < 1.29 is 4.74 Å². The minimum absolute atomic E-state index is 0.195. The van der Waals surface area contributed by atoms with E-state index in [2.05, 4.69) is 20.5 Å². The normalized spacial score (nSPS) is 11.1. The van der Waals surface area contributed by atoms with Crippen LogP contribution in [-0.2, 0) is 5.88 Å². The summed E-state index contributed by atoms with van der Waals surface area (Å²) < 4.78 is 8.85. The maximum Gasteiger partial charge on any atom is 0.278 e. The second kappa shape index (κ2) is 8.87. The van der Waals surface area contributed by atoms with Gasteiger partial charge < -0.3 is 4.74 Å². The SMILES string of the molecule is COc1ccccc1-c1nnc(SCn2nnc3ccccc3c2=O)n1-c1ccc(C)cc1. The summed E-state index contributed by atoms with van der Waals surface area (Å²) in [6, 6.07) is 23.0. The Morgan fingerprint density at radius 2 is 1.67 bits per heavy atom. The van der Waals surface area contributed by atoms with E-state index in [0.717, 1.165) is 16.8 Å². The van der Waals surface area contributed by atoms with Crippen LogP contribution in [-0.4, -0.2) is 36.9 Å². The fourth-order valence-corrected chi connectivity index (χ4v) is 4.35. The van der Waals surface area contributed by atoms with Gasteiger partial charge in [0.1, 0.15) is 11.3 Å². The average molecular weight is 457 g/mol. The Morgan fingerprint density at radius 3 is 2.48 bits per heavy atom. The number of fused-ring (bicyclic) bond motifs is 1. The zero-order chi connectivity index (χ0) is 22.8. The topological polar surface area (TPSA) is 87.7 Å². The van der Waals surface area contributed by atoms with Crippen LogP contribution in [0.4, 0.5) is 0 Å². The molecule has 0 aliphatic carbocycles. The lowest BCUT2D eigenvalue weighted by Gasteiger charge is -2.13. The molecule has 0 spiro atoms. The van der Waals surface area contributed by atoms with Gasteiger partial charge in [-0.15, -0.1) is 15.3 Å². The molecule has 5 aromatic rings. The summed E-state index contributed by atoms with van der Waals surface area (Å²) in [6.45, 7) is 2.04. The van der Waals surface area contributed by atoms with E-state index in [0.29, 0.717) is 27.6 Å². The second-order valence-corrected chi connectivity index (χ2v) is 8.27. The highest BCUT2D eigenvalue weighted by Crippen LogP contribution is 2.33. The van der Waals surface area contributed by atoms with Gasteiger partial charge in [-0.2, -0.15) is 4.68 Å². The van der Waals surface area contributed by atoms with Gasteiger partial charge in [0.25, 0.3) is 5.56 Å². The van der Waals surface area contributed by atoms with Crippen molar-refractivity contribution in [2.45, 2.75) is 18.0 Å². The van der Waals surface area contributed by atoms with Gasteiger partial charge in [0.15, 0.2) is 11.0 Å². The number of hydrogen-bond donors (Lipinski definition) is 0. The number of rotatable bonds is 6. The van der Waals surface area contributed by atoms with Crippen molar-refractivity contribution in [3.8, 4) is 22.8 Å². The number of aromatic nitrogens is 6. The number of para-hydroxylation sites is 1. The molecule has 0 radical (unpaired) electrons. The highest BCUT2D eigenvalue weighted by atomic mass is 32.2. The van der Waals surface area contributed by atoms with Crippen LogP contribution >= 0.6 is 11.8 Å². The number of nitrogens with zero attached hydrogens (tertiary/aromatic N) is 6. The molecular weight excluding hydrogens is 436 g/mol. The Hall–Kier alpha value is -3.98. The molecule has 0 bridgehead atoms. The van der Waals surface area contributed by atoms with Crippen LogP contribution in [0.1, 0.15) is 5.56 Å². The van der Waals surface area contributed by atoms with E-state index in [-0.39, 0.29) is 11.4 Å². The zero-order valence-corrected chi connectivity index (χ0v) is 18.9. The van der Waals surface area contributed by atoms with Crippen molar-refractivity contribution >= 4 is 22.7 Å². The van der Waals surface area contributed by atoms with Crippen LogP contribution in [0.3, 0.4) is 0 Å². The largest absolute Gasteiger partial charge is 0.496 e. The lowest BCUT2D eigenvalue weighted by atomic mass is 10.1. The molecule has 5 rings (SSSR count). The fourth-order valence-electron chi connectivity index (χ4n) is 3.52. The summed E-state index contributed by atoms with van der Waals surface area (Å²) in [7, 11) is 1.63. The minimum atomic E-state index is -0.195. The van der Waals surface area contributed by atoms with Crippen molar-refractivity contribution in [2.75, 3.05) is 7.11 Å². The molecule has 0 saturated heterocycles. The Morgan fingerprint density at radius 1 is 0.909 bits per heavy atom. The summed E-state index contributed by atoms with van der Waals surface area (Å²) in [4.78, 5) is 12.8. The molecule has 0 aliphatic heterocycles.